The van der Waals surface area contributed by atoms with Crippen molar-refractivity contribution in [1.82, 2.24) is 15.2 Å². The third-order valence-electron chi connectivity index (χ3n) is 2.75. The molecule has 2 aromatic heterocycles. The monoisotopic (exact) mass is 339 g/mol. The molecule has 102 valence electrons. The Bertz CT molecular complexity index is 486. The van der Waals surface area contributed by atoms with Gasteiger partial charge in [0.05, 0.1) is 5.69 Å². The molecule has 0 saturated heterocycles. The molecular formula is C14H18BrN3S. The van der Waals surface area contributed by atoms with E-state index in [1.807, 2.05) is 18.3 Å². The molecule has 2 rings (SSSR count). The summed E-state index contributed by atoms with van der Waals surface area (Å²) in [5.41, 5.74) is 1.12. The highest BCUT2D eigenvalue weighted by molar-refractivity contribution is 9.10. The zero-order valence-electron chi connectivity index (χ0n) is 11.0. The lowest BCUT2D eigenvalue weighted by Gasteiger charge is -2.16. The van der Waals surface area contributed by atoms with E-state index in [-0.39, 0.29) is 0 Å². The second-order valence-electron chi connectivity index (χ2n) is 4.47. The number of halogens is 1. The quantitative estimate of drug-likeness (QED) is 0.785. The van der Waals surface area contributed by atoms with Gasteiger partial charge in [-0.3, -0.25) is 9.88 Å². The predicted molar refractivity (Wildman–Crippen MR) is 84.3 cm³/mol. The molecule has 0 radical (unpaired) electrons. The number of rotatable bonds is 7. The Balaban J connectivity index is 1.63. The molecular weight excluding hydrogens is 322 g/mol. The Labute approximate surface area is 126 Å². The van der Waals surface area contributed by atoms with Crippen LogP contribution in [0.4, 0.5) is 0 Å². The van der Waals surface area contributed by atoms with E-state index in [9.17, 15) is 0 Å². The van der Waals surface area contributed by atoms with Gasteiger partial charge in [0, 0.05) is 47.1 Å². The zero-order valence-corrected chi connectivity index (χ0v) is 13.4. The van der Waals surface area contributed by atoms with E-state index < -0.39 is 0 Å². The Morgan fingerprint density at radius 3 is 3.00 bits per heavy atom. The molecule has 1 N–H and O–H groups in total. The number of nitrogens with one attached hydrogen (secondary N) is 1. The van der Waals surface area contributed by atoms with Crippen molar-refractivity contribution in [3.8, 4) is 0 Å². The maximum absolute atomic E-state index is 4.33. The van der Waals surface area contributed by atoms with Crippen molar-refractivity contribution in [2.45, 2.75) is 13.1 Å². The third-order valence-corrected chi connectivity index (χ3v) is 4.45. The molecule has 0 fully saturated rings. The number of hydrogen-bond acceptors (Lipinski definition) is 4. The van der Waals surface area contributed by atoms with E-state index in [0.29, 0.717) is 0 Å². The number of hydrogen-bond donors (Lipinski definition) is 1. The summed E-state index contributed by atoms with van der Waals surface area (Å²) in [6.07, 6.45) is 1.84. The summed E-state index contributed by atoms with van der Waals surface area (Å²) in [6.45, 7) is 3.84. The lowest BCUT2D eigenvalue weighted by molar-refractivity contribution is 0.320. The fourth-order valence-corrected chi connectivity index (χ4v) is 3.20. The highest BCUT2D eigenvalue weighted by Crippen LogP contribution is 2.19. The molecule has 0 aromatic carbocycles. The van der Waals surface area contributed by atoms with E-state index in [0.717, 1.165) is 31.9 Å². The second-order valence-corrected chi connectivity index (χ2v) is 6.38. The minimum atomic E-state index is 0.896. The van der Waals surface area contributed by atoms with Crippen LogP contribution in [0.25, 0.3) is 0 Å². The van der Waals surface area contributed by atoms with Gasteiger partial charge in [-0.15, -0.1) is 11.3 Å². The minimum Gasteiger partial charge on any atom is -0.311 e. The Morgan fingerprint density at radius 1 is 1.42 bits per heavy atom. The van der Waals surface area contributed by atoms with E-state index in [1.165, 1.54) is 9.35 Å². The number of pyridine rings is 1. The van der Waals surface area contributed by atoms with Gasteiger partial charge in [-0.1, -0.05) is 6.07 Å². The summed E-state index contributed by atoms with van der Waals surface area (Å²) in [7, 11) is 2.12. The van der Waals surface area contributed by atoms with Crippen LogP contribution in [0, 0.1) is 0 Å². The number of aromatic nitrogens is 1. The standard InChI is InChI=1S/C14H18BrN3S/c1-18(10-13-4-2-3-5-17-13)7-6-16-9-14-8-12(15)11-19-14/h2-5,8,11,16H,6-7,9-10H2,1H3. The van der Waals surface area contributed by atoms with Gasteiger partial charge in [-0.25, -0.2) is 0 Å². The number of thiophene rings is 1. The van der Waals surface area contributed by atoms with Crippen molar-refractivity contribution in [2.24, 2.45) is 0 Å². The summed E-state index contributed by atoms with van der Waals surface area (Å²) in [5, 5.41) is 5.57. The van der Waals surface area contributed by atoms with Crippen molar-refractivity contribution in [3.63, 3.8) is 0 Å². The van der Waals surface area contributed by atoms with Crippen molar-refractivity contribution >= 4 is 27.3 Å². The summed E-state index contributed by atoms with van der Waals surface area (Å²) in [5.74, 6) is 0. The van der Waals surface area contributed by atoms with Crippen molar-refractivity contribution in [2.75, 3.05) is 20.1 Å². The van der Waals surface area contributed by atoms with E-state index >= 15 is 0 Å². The van der Waals surface area contributed by atoms with Crippen molar-refractivity contribution in [3.05, 3.63) is 50.9 Å². The molecule has 0 bridgehead atoms. The van der Waals surface area contributed by atoms with Gasteiger partial charge in [0.1, 0.15) is 0 Å². The lowest BCUT2D eigenvalue weighted by Crippen LogP contribution is -2.28. The van der Waals surface area contributed by atoms with Crippen LogP contribution >= 0.6 is 27.3 Å². The van der Waals surface area contributed by atoms with Crippen LogP contribution in [-0.2, 0) is 13.1 Å². The minimum absolute atomic E-state index is 0.896. The highest BCUT2D eigenvalue weighted by atomic mass is 79.9. The van der Waals surface area contributed by atoms with Gasteiger partial charge in [-0.2, -0.15) is 0 Å². The molecule has 0 aliphatic carbocycles. The Kier molecular flexibility index (Phi) is 5.97. The van der Waals surface area contributed by atoms with Crippen LogP contribution in [0.15, 0.2) is 40.3 Å². The Hall–Kier alpha value is -0.750. The van der Waals surface area contributed by atoms with Crippen molar-refractivity contribution in [1.29, 1.82) is 0 Å². The first kappa shape index (κ1) is 14.7. The molecule has 5 heteroatoms. The van der Waals surface area contributed by atoms with Crippen LogP contribution < -0.4 is 5.32 Å². The SMILES string of the molecule is CN(CCNCc1cc(Br)cs1)Cc1ccccn1. The van der Waals surface area contributed by atoms with Crippen LogP contribution in [-0.4, -0.2) is 30.0 Å². The largest absolute Gasteiger partial charge is 0.311 e. The summed E-state index contributed by atoms with van der Waals surface area (Å²) < 4.78 is 1.17. The van der Waals surface area contributed by atoms with E-state index in [2.05, 4.69) is 55.7 Å². The highest BCUT2D eigenvalue weighted by Gasteiger charge is 2.01. The van der Waals surface area contributed by atoms with E-state index in [4.69, 9.17) is 0 Å². The van der Waals surface area contributed by atoms with Crippen LogP contribution in [0.1, 0.15) is 10.6 Å². The van der Waals surface area contributed by atoms with Gasteiger partial charge in [0.25, 0.3) is 0 Å². The van der Waals surface area contributed by atoms with Crippen LogP contribution in [0.5, 0.6) is 0 Å². The normalized spacial score (nSPS) is 11.1. The summed E-state index contributed by atoms with van der Waals surface area (Å²) in [6, 6.07) is 8.20. The molecule has 3 nitrogen and oxygen atoms in total. The van der Waals surface area contributed by atoms with Gasteiger partial charge >= 0.3 is 0 Å². The number of likely N-dealkylation sites (N-methyl/N-ethyl adjacent to an activating group) is 1. The molecule has 0 saturated carbocycles. The molecule has 0 spiro atoms. The molecule has 0 amide bonds. The topological polar surface area (TPSA) is 28.2 Å². The molecule has 0 unspecified atom stereocenters. The summed E-state index contributed by atoms with van der Waals surface area (Å²) in [4.78, 5) is 7.97. The van der Waals surface area contributed by atoms with E-state index in [1.54, 1.807) is 11.3 Å². The zero-order chi connectivity index (χ0) is 13.5. The third kappa shape index (κ3) is 5.40. The first-order valence-corrected chi connectivity index (χ1v) is 7.93. The number of nitrogens with zero attached hydrogens (tertiary/aromatic N) is 2. The fraction of sp³-hybridized carbons (Fsp3) is 0.357. The van der Waals surface area contributed by atoms with Gasteiger partial charge in [-0.05, 0) is 41.2 Å². The lowest BCUT2D eigenvalue weighted by atomic mass is 10.3. The van der Waals surface area contributed by atoms with Crippen molar-refractivity contribution < 1.29 is 0 Å². The van der Waals surface area contributed by atoms with Crippen LogP contribution in [0.2, 0.25) is 0 Å². The maximum Gasteiger partial charge on any atom is 0.0543 e. The molecule has 0 aliphatic rings. The smallest absolute Gasteiger partial charge is 0.0543 e. The average Bonchev–Trinajstić information content (AvgIpc) is 2.82. The molecule has 0 atom stereocenters. The second kappa shape index (κ2) is 7.75. The maximum atomic E-state index is 4.33. The molecule has 2 heterocycles. The fourth-order valence-electron chi connectivity index (χ4n) is 1.78. The summed E-state index contributed by atoms with van der Waals surface area (Å²) >= 11 is 5.25. The molecule has 19 heavy (non-hydrogen) atoms. The Morgan fingerprint density at radius 2 is 2.32 bits per heavy atom. The molecule has 2 aromatic rings. The first-order chi connectivity index (χ1) is 9.24. The van der Waals surface area contributed by atoms with Crippen LogP contribution in [0.3, 0.4) is 0 Å². The molecule has 0 aliphatic heterocycles. The van der Waals surface area contributed by atoms with Gasteiger partial charge in [0.2, 0.25) is 0 Å². The predicted octanol–water partition coefficient (Wildman–Crippen LogP) is 3.13. The van der Waals surface area contributed by atoms with Gasteiger partial charge < -0.3 is 5.32 Å². The average molecular weight is 340 g/mol. The first-order valence-electron chi connectivity index (χ1n) is 6.26. The van der Waals surface area contributed by atoms with Gasteiger partial charge in [0.15, 0.2) is 0 Å².